The molecule has 0 radical (unpaired) electrons. The van der Waals surface area contributed by atoms with E-state index in [1.807, 2.05) is 41.8 Å². The van der Waals surface area contributed by atoms with Crippen LogP contribution in [0.5, 0.6) is 11.5 Å². The number of rotatable bonds is 11. The molecule has 0 aliphatic carbocycles. The minimum Gasteiger partial charge on any atom is -0.493 e. The predicted octanol–water partition coefficient (Wildman–Crippen LogP) is 3.70. The van der Waals surface area contributed by atoms with Gasteiger partial charge in [0.25, 0.3) is 0 Å². The van der Waals surface area contributed by atoms with E-state index in [0.29, 0.717) is 24.7 Å². The van der Waals surface area contributed by atoms with Crippen molar-refractivity contribution >= 4 is 17.7 Å². The number of halogens is 2. The zero-order valence-electron chi connectivity index (χ0n) is 17.8. The lowest BCUT2D eigenvalue weighted by Gasteiger charge is -2.12. The van der Waals surface area contributed by atoms with Gasteiger partial charge in [0.1, 0.15) is 5.82 Å². The van der Waals surface area contributed by atoms with Gasteiger partial charge >= 0.3 is 6.61 Å². The van der Waals surface area contributed by atoms with Gasteiger partial charge in [-0.05, 0) is 36.6 Å². The van der Waals surface area contributed by atoms with Crippen LogP contribution in [0, 0.1) is 6.92 Å². The monoisotopic (exact) mass is 462 g/mol. The van der Waals surface area contributed by atoms with Crippen LogP contribution in [0.1, 0.15) is 17.0 Å². The van der Waals surface area contributed by atoms with Gasteiger partial charge in [-0.3, -0.25) is 4.79 Å². The summed E-state index contributed by atoms with van der Waals surface area (Å²) in [6.45, 7) is -0.0795. The van der Waals surface area contributed by atoms with E-state index in [0.717, 1.165) is 17.0 Å². The maximum atomic E-state index is 12.6. The standard InChI is InChI=1S/C22H24F2N4O3S/c1-15-26-27-22(28(15)13-17-6-4-3-5-7-17)32-14-20(29)25-11-10-16-8-9-18(30-2)19(12-16)31-21(23)24/h3-9,12,21H,10-11,13-14H2,1-2H3,(H,25,29). The lowest BCUT2D eigenvalue weighted by molar-refractivity contribution is -0.118. The molecular weight excluding hydrogens is 438 g/mol. The van der Waals surface area contributed by atoms with E-state index in [-0.39, 0.29) is 23.2 Å². The van der Waals surface area contributed by atoms with Crippen LogP contribution in [-0.2, 0) is 17.8 Å². The van der Waals surface area contributed by atoms with Crippen LogP contribution in [0.25, 0.3) is 0 Å². The Balaban J connectivity index is 1.49. The highest BCUT2D eigenvalue weighted by molar-refractivity contribution is 7.99. The van der Waals surface area contributed by atoms with E-state index in [9.17, 15) is 13.6 Å². The maximum Gasteiger partial charge on any atom is 0.387 e. The summed E-state index contributed by atoms with van der Waals surface area (Å²) in [5.74, 6) is 1.01. The number of nitrogens with zero attached hydrogens (tertiary/aromatic N) is 3. The van der Waals surface area contributed by atoms with Crippen LogP contribution in [0.4, 0.5) is 8.78 Å². The lowest BCUT2D eigenvalue weighted by atomic mass is 10.1. The van der Waals surface area contributed by atoms with Crippen molar-refractivity contribution < 1.29 is 23.0 Å². The van der Waals surface area contributed by atoms with E-state index >= 15 is 0 Å². The molecule has 0 bridgehead atoms. The summed E-state index contributed by atoms with van der Waals surface area (Å²) >= 11 is 1.31. The molecule has 0 aliphatic heterocycles. The molecule has 1 aromatic heterocycles. The van der Waals surface area contributed by atoms with Gasteiger partial charge in [0.05, 0.1) is 19.4 Å². The number of carbonyl (C=O) groups is 1. The average Bonchev–Trinajstić information content (AvgIpc) is 3.12. The maximum absolute atomic E-state index is 12.6. The molecule has 0 saturated heterocycles. The van der Waals surface area contributed by atoms with Crippen molar-refractivity contribution in [1.82, 2.24) is 20.1 Å². The Morgan fingerprint density at radius 2 is 1.91 bits per heavy atom. The third-order valence-electron chi connectivity index (χ3n) is 4.60. The number of benzene rings is 2. The molecule has 3 rings (SSSR count). The zero-order valence-corrected chi connectivity index (χ0v) is 18.6. The zero-order chi connectivity index (χ0) is 22.9. The molecule has 0 fully saturated rings. The fourth-order valence-corrected chi connectivity index (χ4v) is 3.82. The second kappa shape index (κ2) is 11.5. The summed E-state index contributed by atoms with van der Waals surface area (Å²) in [6, 6.07) is 14.7. The van der Waals surface area contributed by atoms with Crippen LogP contribution in [0.15, 0.2) is 53.7 Å². The summed E-state index contributed by atoms with van der Waals surface area (Å²) in [5, 5.41) is 11.8. The number of nitrogens with one attached hydrogen (secondary N) is 1. The van der Waals surface area contributed by atoms with Gasteiger partial charge in [-0.1, -0.05) is 48.2 Å². The van der Waals surface area contributed by atoms with Crippen LogP contribution in [-0.4, -0.2) is 46.7 Å². The Kier molecular flexibility index (Phi) is 8.43. The van der Waals surface area contributed by atoms with Gasteiger partial charge < -0.3 is 19.4 Å². The molecule has 1 heterocycles. The molecule has 0 aliphatic rings. The van der Waals surface area contributed by atoms with E-state index < -0.39 is 6.61 Å². The highest BCUT2D eigenvalue weighted by Gasteiger charge is 2.13. The van der Waals surface area contributed by atoms with Crippen molar-refractivity contribution in [1.29, 1.82) is 0 Å². The van der Waals surface area contributed by atoms with Crippen LogP contribution in [0.3, 0.4) is 0 Å². The first kappa shape index (κ1) is 23.5. The molecule has 1 N–H and O–H groups in total. The lowest BCUT2D eigenvalue weighted by Crippen LogP contribution is -2.27. The summed E-state index contributed by atoms with van der Waals surface area (Å²) < 4.78 is 36.6. The predicted molar refractivity (Wildman–Crippen MR) is 117 cm³/mol. The molecule has 0 unspecified atom stereocenters. The number of aryl methyl sites for hydroxylation is 1. The summed E-state index contributed by atoms with van der Waals surface area (Å²) in [4.78, 5) is 12.3. The third-order valence-corrected chi connectivity index (χ3v) is 5.56. The molecule has 170 valence electrons. The number of methoxy groups -OCH3 is 1. The number of hydrogen-bond donors (Lipinski definition) is 1. The van der Waals surface area contributed by atoms with Crippen LogP contribution >= 0.6 is 11.8 Å². The SMILES string of the molecule is COc1ccc(CCNC(=O)CSc2nnc(C)n2Cc2ccccc2)cc1OC(F)F. The van der Waals surface area contributed by atoms with Gasteiger partial charge in [-0.2, -0.15) is 8.78 Å². The van der Waals surface area contributed by atoms with Crippen molar-refractivity contribution in [2.45, 2.75) is 31.7 Å². The number of aromatic nitrogens is 3. The number of hydrogen-bond acceptors (Lipinski definition) is 6. The average molecular weight is 463 g/mol. The number of ether oxygens (including phenoxy) is 2. The second-order valence-corrected chi connectivity index (χ2v) is 7.80. The number of alkyl halides is 2. The van der Waals surface area contributed by atoms with Gasteiger partial charge in [0.15, 0.2) is 16.7 Å². The third kappa shape index (κ3) is 6.68. The molecule has 3 aromatic rings. The Morgan fingerprint density at radius 3 is 2.62 bits per heavy atom. The molecule has 0 spiro atoms. The number of amides is 1. The van der Waals surface area contributed by atoms with Crippen molar-refractivity contribution in [2.24, 2.45) is 0 Å². The molecule has 0 saturated carbocycles. The van der Waals surface area contributed by atoms with E-state index in [1.54, 1.807) is 12.1 Å². The van der Waals surface area contributed by atoms with Gasteiger partial charge in [0, 0.05) is 6.54 Å². The molecule has 0 atom stereocenters. The highest BCUT2D eigenvalue weighted by Crippen LogP contribution is 2.29. The normalized spacial score (nSPS) is 10.9. The molecule has 32 heavy (non-hydrogen) atoms. The fourth-order valence-electron chi connectivity index (χ4n) is 3.01. The van der Waals surface area contributed by atoms with Crippen molar-refractivity contribution in [2.75, 3.05) is 19.4 Å². The quantitative estimate of drug-likeness (QED) is 0.438. The Hall–Kier alpha value is -3.14. The molecule has 2 aromatic carbocycles. The summed E-state index contributed by atoms with van der Waals surface area (Å²) in [5.41, 5.74) is 1.86. The van der Waals surface area contributed by atoms with E-state index in [4.69, 9.17) is 4.74 Å². The first-order valence-electron chi connectivity index (χ1n) is 9.91. The van der Waals surface area contributed by atoms with Crippen LogP contribution in [0.2, 0.25) is 0 Å². The number of thioether (sulfide) groups is 1. The minimum atomic E-state index is -2.94. The van der Waals surface area contributed by atoms with Crippen molar-refractivity contribution in [3.63, 3.8) is 0 Å². The van der Waals surface area contributed by atoms with E-state index in [1.165, 1.54) is 24.9 Å². The smallest absolute Gasteiger partial charge is 0.387 e. The molecule has 1 amide bonds. The Labute approximate surface area is 189 Å². The van der Waals surface area contributed by atoms with Crippen LogP contribution < -0.4 is 14.8 Å². The number of carbonyl (C=O) groups excluding carboxylic acids is 1. The second-order valence-electron chi connectivity index (χ2n) is 6.85. The summed E-state index contributed by atoms with van der Waals surface area (Å²) in [6.07, 6.45) is 0.462. The Morgan fingerprint density at radius 1 is 1.12 bits per heavy atom. The summed E-state index contributed by atoms with van der Waals surface area (Å²) in [7, 11) is 1.38. The fraction of sp³-hybridized carbons (Fsp3) is 0.318. The minimum absolute atomic E-state index is 0.0324. The van der Waals surface area contributed by atoms with E-state index in [2.05, 4.69) is 20.3 Å². The largest absolute Gasteiger partial charge is 0.493 e. The topological polar surface area (TPSA) is 78.3 Å². The first-order valence-corrected chi connectivity index (χ1v) is 10.9. The van der Waals surface area contributed by atoms with Crippen molar-refractivity contribution in [3.8, 4) is 11.5 Å². The van der Waals surface area contributed by atoms with Gasteiger partial charge in [0.2, 0.25) is 5.91 Å². The van der Waals surface area contributed by atoms with Crippen molar-refractivity contribution in [3.05, 3.63) is 65.5 Å². The molecular formula is C22H24F2N4O3S. The highest BCUT2D eigenvalue weighted by atomic mass is 32.2. The van der Waals surface area contributed by atoms with Gasteiger partial charge in [-0.15, -0.1) is 10.2 Å². The van der Waals surface area contributed by atoms with Gasteiger partial charge in [-0.25, -0.2) is 0 Å². The first-order chi connectivity index (χ1) is 15.5. The molecule has 10 heteroatoms. The Bertz CT molecular complexity index is 1030. The molecule has 7 nitrogen and oxygen atoms in total.